The van der Waals surface area contributed by atoms with E-state index < -0.39 is 9.84 Å². The van der Waals surface area contributed by atoms with Crippen LogP contribution < -0.4 is 5.32 Å². The maximum absolute atomic E-state index is 11.0. The zero-order chi connectivity index (χ0) is 10.5. The first-order valence-corrected chi connectivity index (χ1v) is 6.46. The summed E-state index contributed by atoms with van der Waals surface area (Å²) in [6, 6.07) is 0.00227. The average molecular weight is 205 g/mol. The van der Waals surface area contributed by atoms with Crippen molar-refractivity contribution in [3.05, 3.63) is 12.2 Å². The van der Waals surface area contributed by atoms with Crippen molar-refractivity contribution in [2.75, 3.05) is 19.1 Å². The van der Waals surface area contributed by atoms with Crippen LogP contribution in [0.15, 0.2) is 12.2 Å². The summed E-state index contributed by atoms with van der Waals surface area (Å²) in [5.41, 5.74) is 1.09. The van der Waals surface area contributed by atoms with Gasteiger partial charge < -0.3 is 5.32 Å². The van der Waals surface area contributed by atoms with Gasteiger partial charge >= 0.3 is 0 Å². The molecule has 0 aromatic carbocycles. The molecule has 1 N–H and O–H groups in total. The van der Waals surface area contributed by atoms with Crippen LogP contribution >= 0.6 is 0 Å². The lowest BCUT2D eigenvalue weighted by molar-refractivity contribution is 0.563. The first kappa shape index (κ1) is 12.7. The van der Waals surface area contributed by atoms with Gasteiger partial charge in [0.2, 0.25) is 0 Å². The lowest BCUT2D eigenvalue weighted by Gasteiger charge is -2.15. The Morgan fingerprint density at radius 2 is 2.08 bits per heavy atom. The van der Waals surface area contributed by atoms with Crippen molar-refractivity contribution >= 4 is 9.84 Å². The van der Waals surface area contributed by atoms with E-state index in [2.05, 4.69) is 11.9 Å². The maximum atomic E-state index is 11.0. The molecule has 4 heteroatoms. The second-order valence-electron chi connectivity index (χ2n) is 3.39. The Bertz CT molecular complexity index is 257. The fourth-order valence-corrected chi connectivity index (χ4v) is 2.12. The van der Waals surface area contributed by atoms with Crippen LogP contribution in [-0.2, 0) is 9.84 Å². The van der Waals surface area contributed by atoms with Gasteiger partial charge in [-0.25, -0.2) is 8.42 Å². The van der Waals surface area contributed by atoms with Crippen molar-refractivity contribution in [3.63, 3.8) is 0 Å². The lowest BCUT2D eigenvalue weighted by Crippen LogP contribution is -2.32. The quantitative estimate of drug-likeness (QED) is 0.657. The van der Waals surface area contributed by atoms with Crippen LogP contribution in [0, 0.1) is 0 Å². The number of sulfone groups is 1. The van der Waals surface area contributed by atoms with Gasteiger partial charge in [-0.1, -0.05) is 19.1 Å². The predicted octanol–water partition coefficient (Wildman–Crippen LogP) is 0.975. The van der Waals surface area contributed by atoms with E-state index in [1.165, 1.54) is 6.26 Å². The fourth-order valence-electron chi connectivity index (χ4n) is 1.10. The molecule has 0 saturated carbocycles. The lowest BCUT2D eigenvalue weighted by atomic mass is 10.1. The van der Waals surface area contributed by atoms with Gasteiger partial charge in [-0.2, -0.15) is 0 Å². The Labute approximate surface area is 81.1 Å². The Kier molecular flexibility index (Phi) is 5.25. The highest BCUT2D eigenvalue weighted by molar-refractivity contribution is 7.90. The number of rotatable bonds is 6. The molecule has 0 aliphatic rings. The number of hydrogen-bond donors (Lipinski definition) is 1. The molecule has 0 bridgehead atoms. The molecule has 1 unspecified atom stereocenters. The largest absolute Gasteiger partial charge is 0.316 e. The summed E-state index contributed by atoms with van der Waals surface area (Å²) in [7, 11) is -1.12. The summed E-state index contributed by atoms with van der Waals surface area (Å²) in [6.45, 7) is 5.88. The van der Waals surface area contributed by atoms with Crippen LogP contribution in [0.5, 0.6) is 0 Å². The highest BCUT2D eigenvalue weighted by Crippen LogP contribution is 2.08. The Balaban J connectivity index is 4.13. The Morgan fingerprint density at radius 3 is 2.38 bits per heavy atom. The molecule has 0 saturated heterocycles. The standard InChI is InChI=1S/C9H19NO2S/c1-5-8(2)6-9(10-3)7-13(4,11)12/h9-10H,2,5-7H2,1,3-4H3. The van der Waals surface area contributed by atoms with Crippen molar-refractivity contribution < 1.29 is 8.42 Å². The molecule has 0 rings (SSSR count). The van der Waals surface area contributed by atoms with Crippen LogP contribution in [0.3, 0.4) is 0 Å². The van der Waals surface area contributed by atoms with Crippen molar-refractivity contribution in [1.29, 1.82) is 0 Å². The van der Waals surface area contributed by atoms with Gasteiger partial charge in [0.1, 0.15) is 9.84 Å². The third kappa shape index (κ3) is 6.78. The first-order chi connectivity index (χ1) is 5.89. The average Bonchev–Trinajstić information content (AvgIpc) is 2.00. The highest BCUT2D eigenvalue weighted by atomic mass is 32.2. The SMILES string of the molecule is C=C(CC)CC(CS(C)(=O)=O)NC. The normalized spacial score (nSPS) is 14.1. The monoisotopic (exact) mass is 205 g/mol. The molecule has 0 heterocycles. The molecule has 0 spiro atoms. The first-order valence-electron chi connectivity index (χ1n) is 4.40. The Hall–Kier alpha value is -0.350. The fraction of sp³-hybridized carbons (Fsp3) is 0.778. The zero-order valence-electron chi connectivity index (χ0n) is 8.63. The van der Waals surface area contributed by atoms with Crippen molar-refractivity contribution in [2.24, 2.45) is 0 Å². The topological polar surface area (TPSA) is 46.2 Å². The van der Waals surface area contributed by atoms with Crippen molar-refractivity contribution in [2.45, 2.75) is 25.8 Å². The van der Waals surface area contributed by atoms with E-state index in [9.17, 15) is 8.42 Å². The van der Waals surface area contributed by atoms with E-state index in [-0.39, 0.29) is 11.8 Å². The molecule has 0 amide bonds. The van der Waals surface area contributed by atoms with Gasteiger partial charge in [-0.05, 0) is 19.9 Å². The van der Waals surface area contributed by atoms with Gasteiger partial charge in [0.05, 0.1) is 5.75 Å². The second kappa shape index (κ2) is 5.40. The zero-order valence-corrected chi connectivity index (χ0v) is 9.45. The van der Waals surface area contributed by atoms with Gasteiger partial charge in [0, 0.05) is 12.3 Å². The predicted molar refractivity (Wildman–Crippen MR) is 56.6 cm³/mol. The number of nitrogens with one attached hydrogen (secondary N) is 1. The van der Waals surface area contributed by atoms with Crippen LogP contribution in [0.4, 0.5) is 0 Å². The summed E-state index contributed by atoms with van der Waals surface area (Å²) in [4.78, 5) is 0. The molecule has 0 aromatic rings. The molecular formula is C9H19NO2S. The summed E-state index contributed by atoms with van der Waals surface area (Å²) < 4.78 is 22.0. The second-order valence-corrected chi connectivity index (χ2v) is 5.57. The molecule has 1 atom stereocenters. The summed E-state index contributed by atoms with van der Waals surface area (Å²) in [5.74, 6) is 0.183. The molecule has 0 aromatic heterocycles. The molecular weight excluding hydrogens is 186 g/mol. The van der Waals surface area contributed by atoms with Gasteiger partial charge in [-0.3, -0.25) is 0 Å². The highest BCUT2D eigenvalue weighted by Gasteiger charge is 2.13. The minimum absolute atomic E-state index is 0.00227. The van der Waals surface area contributed by atoms with E-state index >= 15 is 0 Å². The van der Waals surface area contributed by atoms with E-state index in [1.807, 2.05) is 6.92 Å². The van der Waals surface area contributed by atoms with Gasteiger partial charge in [0.15, 0.2) is 0 Å². The van der Waals surface area contributed by atoms with Crippen LogP contribution in [0.2, 0.25) is 0 Å². The van der Waals surface area contributed by atoms with Crippen molar-refractivity contribution in [3.8, 4) is 0 Å². The molecule has 0 aliphatic carbocycles. The van der Waals surface area contributed by atoms with Gasteiger partial charge in [-0.15, -0.1) is 0 Å². The minimum Gasteiger partial charge on any atom is -0.316 e. The van der Waals surface area contributed by atoms with E-state index in [1.54, 1.807) is 7.05 Å². The molecule has 0 fully saturated rings. The smallest absolute Gasteiger partial charge is 0.148 e. The Morgan fingerprint density at radius 1 is 1.54 bits per heavy atom. The maximum Gasteiger partial charge on any atom is 0.148 e. The van der Waals surface area contributed by atoms with Crippen LogP contribution in [0.25, 0.3) is 0 Å². The third-order valence-corrected chi connectivity index (χ3v) is 2.96. The molecule has 0 aliphatic heterocycles. The summed E-state index contributed by atoms with van der Waals surface area (Å²) in [5, 5.41) is 2.98. The molecule has 78 valence electrons. The number of hydrogen-bond acceptors (Lipinski definition) is 3. The van der Waals surface area contributed by atoms with Gasteiger partial charge in [0.25, 0.3) is 0 Å². The minimum atomic E-state index is -2.89. The molecule has 0 radical (unpaired) electrons. The van der Waals surface area contributed by atoms with Crippen LogP contribution in [-0.4, -0.2) is 33.5 Å². The summed E-state index contributed by atoms with van der Waals surface area (Å²) >= 11 is 0. The summed E-state index contributed by atoms with van der Waals surface area (Å²) in [6.07, 6.45) is 2.90. The van der Waals surface area contributed by atoms with E-state index in [4.69, 9.17) is 0 Å². The van der Waals surface area contributed by atoms with Crippen molar-refractivity contribution in [1.82, 2.24) is 5.32 Å². The van der Waals surface area contributed by atoms with E-state index in [0.29, 0.717) is 0 Å². The molecule has 3 nitrogen and oxygen atoms in total. The third-order valence-electron chi connectivity index (χ3n) is 1.95. The van der Waals surface area contributed by atoms with Crippen LogP contribution in [0.1, 0.15) is 19.8 Å². The molecule has 13 heavy (non-hydrogen) atoms. The van der Waals surface area contributed by atoms with E-state index in [0.717, 1.165) is 18.4 Å².